The Bertz CT molecular complexity index is 752. The Morgan fingerprint density at radius 2 is 2.00 bits per heavy atom. The Morgan fingerprint density at radius 3 is 2.73 bits per heavy atom. The van der Waals surface area contributed by atoms with Crippen LogP contribution >= 0.6 is 0 Å². The van der Waals surface area contributed by atoms with E-state index in [-0.39, 0.29) is 30.9 Å². The van der Waals surface area contributed by atoms with E-state index < -0.39 is 5.97 Å². The van der Waals surface area contributed by atoms with Crippen LogP contribution in [0.25, 0.3) is 10.9 Å². The van der Waals surface area contributed by atoms with Gasteiger partial charge in [0.25, 0.3) is 11.5 Å². The van der Waals surface area contributed by atoms with E-state index in [1.165, 1.54) is 4.90 Å². The largest absolute Gasteiger partial charge is 0.456 e. The quantitative estimate of drug-likeness (QED) is 0.811. The Balaban J connectivity index is 1.96. The van der Waals surface area contributed by atoms with E-state index in [2.05, 4.69) is 9.97 Å². The van der Waals surface area contributed by atoms with Crippen LogP contribution < -0.4 is 5.56 Å². The molecule has 1 aromatic heterocycles. The molecule has 0 fully saturated rings. The van der Waals surface area contributed by atoms with Crippen molar-refractivity contribution in [2.75, 3.05) is 20.7 Å². The number of esters is 1. The molecule has 2 rings (SSSR count). The lowest BCUT2D eigenvalue weighted by Gasteiger charge is -2.10. The van der Waals surface area contributed by atoms with Crippen LogP contribution in [0, 0.1) is 0 Å². The molecule has 0 saturated heterocycles. The number of ether oxygens (including phenoxy) is 1. The van der Waals surface area contributed by atoms with Gasteiger partial charge in [0.2, 0.25) is 0 Å². The van der Waals surface area contributed by atoms with Gasteiger partial charge in [-0.25, -0.2) is 4.98 Å². The van der Waals surface area contributed by atoms with Crippen LogP contribution in [-0.2, 0) is 20.7 Å². The standard InChI is InChI=1S/C15H17N3O4/c1-18(2)13(19)9-22-14(20)8-7-12-16-11-6-4-3-5-10(11)15(21)17-12/h3-6H,7-9H2,1-2H3,(H,16,17,21). The number of nitrogens with one attached hydrogen (secondary N) is 1. The van der Waals surface area contributed by atoms with Crippen LogP contribution in [0.1, 0.15) is 12.2 Å². The van der Waals surface area contributed by atoms with Crippen LogP contribution in [0.15, 0.2) is 29.1 Å². The number of aromatic nitrogens is 2. The normalized spacial score (nSPS) is 10.5. The first-order chi connectivity index (χ1) is 10.5. The molecule has 7 heteroatoms. The molecule has 0 atom stereocenters. The molecule has 0 bridgehead atoms. The molecule has 22 heavy (non-hydrogen) atoms. The summed E-state index contributed by atoms with van der Waals surface area (Å²) in [5, 5.41) is 0.505. The summed E-state index contributed by atoms with van der Waals surface area (Å²) in [4.78, 5) is 43.0. The van der Waals surface area contributed by atoms with Crippen molar-refractivity contribution in [2.24, 2.45) is 0 Å². The minimum atomic E-state index is -0.508. The minimum Gasteiger partial charge on any atom is -0.456 e. The number of carbonyl (C=O) groups excluding carboxylic acids is 2. The fourth-order valence-electron chi connectivity index (χ4n) is 1.82. The monoisotopic (exact) mass is 303 g/mol. The van der Waals surface area contributed by atoms with Gasteiger partial charge in [-0.1, -0.05) is 12.1 Å². The summed E-state index contributed by atoms with van der Waals surface area (Å²) >= 11 is 0. The second-order valence-corrected chi connectivity index (χ2v) is 4.98. The summed E-state index contributed by atoms with van der Waals surface area (Å²) < 4.78 is 4.85. The molecule has 0 spiro atoms. The Kier molecular flexibility index (Phi) is 4.88. The maximum atomic E-state index is 11.9. The molecule has 1 heterocycles. The number of para-hydroxylation sites is 1. The summed E-state index contributed by atoms with van der Waals surface area (Å²) in [6.45, 7) is -0.284. The third-order valence-corrected chi connectivity index (χ3v) is 3.08. The molecule has 1 amide bonds. The lowest BCUT2D eigenvalue weighted by molar-refractivity contribution is -0.151. The molecular weight excluding hydrogens is 286 g/mol. The Hall–Kier alpha value is -2.70. The first kappa shape index (κ1) is 15.7. The number of nitrogens with zero attached hydrogens (tertiary/aromatic N) is 2. The molecule has 1 N–H and O–H groups in total. The molecule has 116 valence electrons. The van der Waals surface area contributed by atoms with Gasteiger partial charge in [0.1, 0.15) is 5.82 Å². The average Bonchev–Trinajstić information content (AvgIpc) is 2.50. The SMILES string of the molecule is CN(C)C(=O)COC(=O)CCc1nc2ccccc2c(=O)[nH]1. The van der Waals surface area contributed by atoms with E-state index >= 15 is 0 Å². The fourth-order valence-corrected chi connectivity index (χ4v) is 1.82. The van der Waals surface area contributed by atoms with Crippen molar-refractivity contribution < 1.29 is 14.3 Å². The van der Waals surface area contributed by atoms with Gasteiger partial charge in [-0.05, 0) is 12.1 Å². The molecule has 0 radical (unpaired) electrons. The number of amides is 1. The summed E-state index contributed by atoms with van der Waals surface area (Å²) in [6.07, 6.45) is 0.289. The fraction of sp³-hybridized carbons (Fsp3) is 0.333. The third-order valence-electron chi connectivity index (χ3n) is 3.08. The van der Waals surface area contributed by atoms with Crippen LogP contribution in [0.5, 0.6) is 0 Å². The highest BCUT2D eigenvalue weighted by Gasteiger charge is 2.10. The van der Waals surface area contributed by atoms with Crippen molar-refractivity contribution in [3.63, 3.8) is 0 Å². The van der Waals surface area contributed by atoms with Crippen molar-refractivity contribution in [3.05, 3.63) is 40.4 Å². The molecule has 7 nitrogen and oxygen atoms in total. The van der Waals surface area contributed by atoms with Crippen molar-refractivity contribution in [1.29, 1.82) is 0 Å². The number of likely N-dealkylation sites (N-methyl/N-ethyl adjacent to an activating group) is 1. The number of hydrogen-bond donors (Lipinski definition) is 1. The van der Waals surface area contributed by atoms with Crippen molar-refractivity contribution in [2.45, 2.75) is 12.8 Å². The van der Waals surface area contributed by atoms with Gasteiger partial charge in [-0.3, -0.25) is 14.4 Å². The second kappa shape index (κ2) is 6.84. The third kappa shape index (κ3) is 3.91. The van der Waals surface area contributed by atoms with Crippen LogP contribution in [0.3, 0.4) is 0 Å². The summed E-state index contributed by atoms with van der Waals surface area (Å²) in [5.41, 5.74) is 0.342. The van der Waals surface area contributed by atoms with E-state index in [9.17, 15) is 14.4 Å². The zero-order valence-electron chi connectivity index (χ0n) is 12.5. The number of aromatic amines is 1. The van der Waals surface area contributed by atoms with E-state index in [1.54, 1.807) is 38.4 Å². The van der Waals surface area contributed by atoms with Crippen molar-refractivity contribution in [3.8, 4) is 0 Å². The van der Waals surface area contributed by atoms with Gasteiger partial charge in [-0.15, -0.1) is 0 Å². The molecule has 1 aromatic carbocycles. The van der Waals surface area contributed by atoms with E-state index in [1.807, 2.05) is 0 Å². The van der Waals surface area contributed by atoms with E-state index in [0.717, 1.165) is 0 Å². The summed E-state index contributed by atoms with van der Waals surface area (Å²) in [5.74, 6) is -0.379. The first-order valence-electron chi connectivity index (χ1n) is 6.81. The Morgan fingerprint density at radius 1 is 1.27 bits per heavy atom. The number of fused-ring (bicyclic) bond motifs is 1. The number of rotatable bonds is 5. The highest BCUT2D eigenvalue weighted by atomic mass is 16.5. The first-order valence-corrected chi connectivity index (χ1v) is 6.81. The number of H-pyrrole nitrogens is 1. The zero-order chi connectivity index (χ0) is 16.1. The zero-order valence-corrected chi connectivity index (χ0v) is 12.5. The smallest absolute Gasteiger partial charge is 0.306 e. The molecule has 0 saturated carbocycles. The van der Waals surface area contributed by atoms with Gasteiger partial charge in [0.05, 0.1) is 17.3 Å². The maximum Gasteiger partial charge on any atom is 0.306 e. The number of aryl methyl sites for hydroxylation is 1. The molecule has 0 aliphatic rings. The van der Waals surface area contributed by atoms with Crippen LogP contribution in [0.4, 0.5) is 0 Å². The minimum absolute atomic E-state index is 0.0436. The summed E-state index contributed by atoms with van der Waals surface area (Å²) in [6, 6.07) is 6.98. The molecule has 0 unspecified atom stereocenters. The highest BCUT2D eigenvalue weighted by molar-refractivity contribution is 5.80. The van der Waals surface area contributed by atoms with E-state index in [0.29, 0.717) is 16.7 Å². The Labute approximate surface area is 126 Å². The number of hydrogen-bond acceptors (Lipinski definition) is 5. The van der Waals surface area contributed by atoms with Gasteiger partial charge >= 0.3 is 5.97 Å². The average molecular weight is 303 g/mol. The van der Waals surface area contributed by atoms with Gasteiger partial charge in [0, 0.05) is 20.5 Å². The van der Waals surface area contributed by atoms with Crippen molar-refractivity contribution >= 4 is 22.8 Å². The predicted octanol–water partition coefficient (Wildman–Crippen LogP) is 0.487. The summed E-state index contributed by atoms with van der Waals surface area (Å²) in [7, 11) is 3.17. The molecule has 0 aliphatic carbocycles. The predicted molar refractivity (Wildman–Crippen MR) is 80.3 cm³/mol. The molecule has 2 aromatic rings. The van der Waals surface area contributed by atoms with Crippen LogP contribution in [-0.4, -0.2) is 47.4 Å². The number of benzene rings is 1. The molecular formula is C15H17N3O4. The number of carbonyl (C=O) groups is 2. The van der Waals surface area contributed by atoms with Gasteiger partial charge in [-0.2, -0.15) is 0 Å². The second-order valence-electron chi connectivity index (χ2n) is 4.98. The highest BCUT2D eigenvalue weighted by Crippen LogP contribution is 2.06. The maximum absolute atomic E-state index is 11.9. The van der Waals surface area contributed by atoms with Gasteiger partial charge in [0.15, 0.2) is 6.61 Å². The van der Waals surface area contributed by atoms with E-state index in [4.69, 9.17) is 4.74 Å². The lowest BCUT2D eigenvalue weighted by Crippen LogP contribution is -2.27. The lowest BCUT2D eigenvalue weighted by atomic mass is 10.2. The van der Waals surface area contributed by atoms with Gasteiger partial charge < -0.3 is 14.6 Å². The van der Waals surface area contributed by atoms with Crippen molar-refractivity contribution in [1.82, 2.24) is 14.9 Å². The van der Waals surface area contributed by atoms with Crippen LogP contribution in [0.2, 0.25) is 0 Å². The molecule has 0 aliphatic heterocycles. The topological polar surface area (TPSA) is 92.4 Å².